The zero-order valence-electron chi connectivity index (χ0n) is 34.6. The first-order chi connectivity index (χ1) is 30.4. The molecule has 0 aromatic heterocycles. The summed E-state index contributed by atoms with van der Waals surface area (Å²) in [7, 11) is 2.76. The van der Waals surface area contributed by atoms with Crippen LogP contribution in [0.5, 0.6) is 5.75 Å². The molecular weight excluding hydrogens is 845 g/mol. The Bertz CT molecular complexity index is 2420. The number of aldehydes is 1. The number of carbonyl (C=O) groups is 3. The van der Waals surface area contributed by atoms with Gasteiger partial charge in [0.25, 0.3) is 0 Å². The molecule has 0 amide bonds. The normalized spacial score (nSPS) is 39.2. The van der Waals surface area contributed by atoms with Gasteiger partial charge in [-0.05, 0) is 84.4 Å². The fourth-order valence-corrected chi connectivity index (χ4v) is 14.7. The van der Waals surface area contributed by atoms with E-state index in [4.69, 9.17) is 9.47 Å². The molecule has 1 saturated heterocycles. The summed E-state index contributed by atoms with van der Waals surface area (Å²) in [5.74, 6) is -2.58. The maximum absolute atomic E-state index is 15.3. The number of rotatable bonds is 5. The van der Waals surface area contributed by atoms with Gasteiger partial charge >= 0.3 is 0 Å². The van der Waals surface area contributed by atoms with Crippen LogP contribution in [0.15, 0.2) is 102 Å². The van der Waals surface area contributed by atoms with E-state index in [-0.39, 0.29) is 46.3 Å². The molecule has 10 rings (SSSR count). The van der Waals surface area contributed by atoms with Gasteiger partial charge in [0.05, 0.1) is 36.4 Å². The van der Waals surface area contributed by atoms with Crippen molar-refractivity contribution < 1.29 is 54.5 Å². The average molecular weight is 897 g/mol. The summed E-state index contributed by atoms with van der Waals surface area (Å²) in [6, 6.07) is 11.9. The molecule has 8 aliphatic rings. The SMILES string of the molecule is O=C[C@@H]1CCC[C@@]12CC[C@]1(C2)C2=CCNC(=C2)NCSSC[C@]23C(=O)c4c(cccc4C(=O)[C@H]2C=C(Cc2cccc(CO)c2)C=C3O)O[C@@H]2O[C@@]3(CO)C=C[C@@H]1[C@@](O)([C@H]2O)[C@@H]3O. The molecule has 3 aliphatic heterocycles. The molecule has 2 saturated carbocycles. The fourth-order valence-electron chi connectivity index (χ4n) is 12.5. The van der Waals surface area contributed by atoms with Gasteiger partial charge < -0.3 is 55.5 Å². The highest BCUT2D eigenvalue weighted by Gasteiger charge is 2.72. The average Bonchev–Trinajstić information content (AvgIpc) is 3.89. The molecule has 2 aromatic rings. The third kappa shape index (κ3) is 6.32. The van der Waals surface area contributed by atoms with E-state index in [0.717, 1.165) is 36.7 Å². The minimum atomic E-state index is -2.39. The number of allylic oxidation sites excluding steroid dienone is 6. The number of nitrogens with one attached hydrogen (secondary N) is 2. The Labute approximate surface area is 372 Å². The zero-order valence-corrected chi connectivity index (χ0v) is 36.2. The Morgan fingerprint density at radius 3 is 2.62 bits per heavy atom. The summed E-state index contributed by atoms with van der Waals surface area (Å²) in [4.78, 5) is 42.8. The molecule has 3 heterocycles. The minimum absolute atomic E-state index is 0.00376. The molecule has 0 radical (unpaired) electrons. The van der Waals surface area contributed by atoms with E-state index in [2.05, 4.69) is 16.7 Å². The molecule has 7 bridgehead atoms. The lowest BCUT2D eigenvalue weighted by Gasteiger charge is -2.60. The van der Waals surface area contributed by atoms with Gasteiger partial charge in [0.2, 0.25) is 6.29 Å². The molecule has 3 fully saturated rings. The molecule has 8 N–H and O–H groups in total. The lowest BCUT2D eigenvalue weighted by Crippen LogP contribution is -2.78. The topological polar surface area (TPSA) is 215 Å². The Morgan fingerprint density at radius 1 is 0.984 bits per heavy atom. The van der Waals surface area contributed by atoms with Crippen LogP contribution in [0.3, 0.4) is 0 Å². The molecule has 2 aromatic carbocycles. The Hall–Kier alpha value is -4.19. The number of hydrogen-bond acceptors (Lipinski definition) is 15. The van der Waals surface area contributed by atoms with Gasteiger partial charge in [0, 0.05) is 35.1 Å². The zero-order chi connectivity index (χ0) is 43.9. The molecule has 332 valence electrons. The number of benzene rings is 2. The predicted molar refractivity (Wildman–Crippen MR) is 235 cm³/mol. The van der Waals surface area contributed by atoms with Crippen LogP contribution in [0, 0.1) is 34.0 Å². The second-order valence-corrected chi connectivity index (χ2v) is 21.1. The summed E-state index contributed by atoms with van der Waals surface area (Å²) in [5.41, 5.74) is -4.31. The predicted octanol–water partition coefficient (Wildman–Crippen LogP) is 4.36. The molecule has 63 heavy (non-hydrogen) atoms. The van der Waals surface area contributed by atoms with Crippen LogP contribution in [-0.2, 0) is 22.6 Å². The molecule has 11 atom stereocenters. The quantitative estimate of drug-likeness (QED) is 0.119. The van der Waals surface area contributed by atoms with E-state index in [9.17, 15) is 40.2 Å². The monoisotopic (exact) mass is 896 g/mol. The van der Waals surface area contributed by atoms with Crippen molar-refractivity contribution >= 4 is 39.4 Å². The Balaban J connectivity index is 1.10. The van der Waals surface area contributed by atoms with Gasteiger partial charge in [-0.15, -0.1) is 0 Å². The maximum Gasteiger partial charge on any atom is 0.230 e. The van der Waals surface area contributed by atoms with E-state index in [1.54, 1.807) is 24.3 Å². The highest BCUT2D eigenvalue weighted by molar-refractivity contribution is 8.76. The van der Waals surface area contributed by atoms with Gasteiger partial charge in [-0.1, -0.05) is 88.7 Å². The second-order valence-electron chi connectivity index (χ2n) is 18.7. The van der Waals surface area contributed by atoms with Crippen molar-refractivity contribution in [1.82, 2.24) is 10.6 Å². The summed E-state index contributed by atoms with van der Waals surface area (Å²) in [6.45, 7) is -0.502. The lowest BCUT2D eigenvalue weighted by molar-refractivity contribution is -0.355. The van der Waals surface area contributed by atoms with Crippen LogP contribution in [0.25, 0.3) is 0 Å². The first kappa shape index (κ1) is 42.7. The number of aliphatic hydroxyl groups is 6. The van der Waals surface area contributed by atoms with Crippen LogP contribution in [0.4, 0.5) is 0 Å². The van der Waals surface area contributed by atoms with Gasteiger partial charge in [0.15, 0.2) is 11.6 Å². The number of ketones is 2. The standard InChI is InChI=1S/C48H52N2O11S2/c51-21-28-5-1-4-27(16-28)17-29-18-33-39(55)32-7-2-8-34-38(32)40(56)47(33,36(54)19-29)25-62-63-26-50-37-20-30(10-15-49-37)45(14-13-44(23-45)11-3-6-31(44)22-52)35-9-12-46(24-53)43(58)48(35,59)41(57)42(60-34)61-46/h1-2,4-5,7-10,12,16,18-20,22,31,33,35,41-43,49-51,53-54,57-59H,3,6,11,13-15,17,21,23-26H2/t31-,33+,35-,41-,42+,43+,44-,45-,46+,47-,48+/m0/s1. The summed E-state index contributed by atoms with van der Waals surface area (Å²) < 4.78 is 12.8. The fraction of sp³-hybridized carbons (Fsp3) is 0.479. The Morgan fingerprint density at radius 2 is 1.81 bits per heavy atom. The number of aliphatic hydroxyl groups excluding tert-OH is 5. The number of ether oxygens (including phenoxy) is 2. The van der Waals surface area contributed by atoms with Crippen molar-refractivity contribution in [1.29, 1.82) is 0 Å². The number of Topliss-reactive ketones (excluding diaryl/α,β-unsaturated/α-hetero) is 2. The van der Waals surface area contributed by atoms with Crippen molar-refractivity contribution in [3.05, 3.63) is 124 Å². The molecule has 13 nitrogen and oxygen atoms in total. The van der Waals surface area contributed by atoms with Crippen LogP contribution in [0.1, 0.15) is 70.4 Å². The van der Waals surface area contributed by atoms with Crippen LogP contribution in [0.2, 0.25) is 0 Å². The van der Waals surface area contributed by atoms with Gasteiger partial charge in [0.1, 0.15) is 46.6 Å². The molecule has 15 heteroatoms. The number of carbonyl (C=O) groups excluding carboxylic acids is 3. The highest BCUT2D eigenvalue weighted by Crippen LogP contribution is 2.68. The molecule has 0 unspecified atom stereocenters. The third-order valence-corrected chi connectivity index (χ3v) is 17.9. The molecule has 3 spiro atoms. The largest absolute Gasteiger partial charge is 0.511 e. The Kier molecular flexibility index (Phi) is 10.7. The van der Waals surface area contributed by atoms with E-state index in [0.29, 0.717) is 55.1 Å². The maximum atomic E-state index is 15.3. The van der Waals surface area contributed by atoms with E-state index < -0.39 is 70.5 Å². The summed E-state index contributed by atoms with van der Waals surface area (Å²) in [6.07, 6.45) is 10.7. The number of fused-ring (bicyclic) bond motifs is 5. The first-order valence-electron chi connectivity index (χ1n) is 21.7. The van der Waals surface area contributed by atoms with Crippen molar-refractivity contribution in [3.63, 3.8) is 0 Å². The number of hydrogen-bond donors (Lipinski definition) is 8. The minimum Gasteiger partial charge on any atom is -0.511 e. The van der Waals surface area contributed by atoms with Crippen molar-refractivity contribution in [2.45, 2.75) is 81.3 Å². The van der Waals surface area contributed by atoms with Crippen LogP contribution < -0.4 is 15.4 Å². The van der Waals surface area contributed by atoms with Gasteiger partial charge in [-0.25, -0.2) is 0 Å². The smallest absolute Gasteiger partial charge is 0.230 e. The van der Waals surface area contributed by atoms with Gasteiger partial charge in [-0.2, -0.15) is 0 Å². The second kappa shape index (κ2) is 15.8. The van der Waals surface area contributed by atoms with E-state index in [1.807, 2.05) is 24.3 Å². The van der Waals surface area contributed by atoms with Crippen molar-refractivity contribution in [3.8, 4) is 5.75 Å². The first-order valence-corrected chi connectivity index (χ1v) is 24.2. The molecule has 5 aliphatic carbocycles. The van der Waals surface area contributed by atoms with E-state index in [1.165, 1.54) is 45.9 Å². The van der Waals surface area contributed by atoms with Crippen molar-refractivity contribution in [2.75, 3.05) is 24.8 Å². The van der Waals surface area contributed by atoms with Crippen LogP contribution >= 0.6 is 21.6 Å². The third-order valence-electron chi connectivity index (χ3n) is 15.7. The summed E-state index contributed by atoms with van der Waals surface area (Å²) >= 11 is 0. The summed E-state index contributed by atoms with van der Waals surface area (Å²) in [5, 5.41) is 77.7. The molecular formula is C48H52N2O11S2. The number of dihydropyridines is 1. The van der Waals surface area contributed by atoms with Gasteiger partial charge in [-0.3, -0.25) is 9.59 Å². The lowest BCUT2D eigenvalue weighted by atomic mass is 9.53. The van der Waals surface area contributed by atoms with Crippen molar-refractivity contribution in [2.24, 2.45) is 34.0 Å². The van der Waals surface area contributed by atoms with Crippen LogP contribution in [-0.4, -0.2) is 103 Å². The highest BCUT2D eigenvalue weighted by atomic mass is 33.1. The van der Waals surface area contributed by atoms with E-state index >= 15 is 4.79 Å².